The highest BCUT2D eigenvalue weighted by atomic mass is 32.2. The van der Waals surface area contributed by atoms with Crippen LogP contribution in [-0.4, -0.2) is 27.2 Å². The van der Waals surface area contributed by atoms with Gasteiger partial charge in [0.1, 0.15) is 6.07 Å². The largest absolute Gasteiger partial charge is 0.382 e. The average Bonchev–Trinajstić information content (AvgIpc) is 2.43. The molecule has 0 fully saturated rings. The van der Waals surface area contributed by atoms with Crippen molar-refractivity contribution in [3.63, 3.8) is 0 Å². The molecule has 1 N–H and O–H groups in total. The standard InChI is InChI=1S/C14H15N3OS/c1-10(19(2)18)8-17-14-11(7-15)9-16-13-6-4-3-5-12(13)14/h3-6,9-10H,8H2,1-2H3,(H,16,17). The van der Waals surface area contributed by atoms with E-state index in [-0.39, 0.29) is 5.25 Å². The van der Waals surface area contributed by atoms with E-state index in [0.717, 1.165) is 16.6 Å². The first-order valence-corrected chi connectivity index (χ1v) is 7.59. The number of rotatable bonds is 4. The van der Waals surface area contributed by atoms with Crippen LogP contribution in [0.4, 0.5) is 5.69 Å². The Kier molecular flexibility index (Phi) is 4.13. The van der Waals surface area contributed by atoms with E-state index in [2.05, 4.69) is 16.4 Å². The number of nitrogens with zero attached hydrogens (tertiary/aromatic N) is 2. The Bertz CT molecular complexity index is 663. The molecule has 0 bridgehead atoms. The molecule has 0 saturated heterocycles. The lowest BCUT2D eigenvalue weighted by molar-refractivity contribution is 0.679. The highest BCUT2D eigenvalue weighted by Gasteiger charge is 2.11. The highest BCUT2D eigenvalue weighted by Crippen LogP contribution is 2.25. The quantitative estimate of drug-likeness (QED) is 0.928. The van der Waals surface area contributed by atoms with Crippen LogP contribution in [0.5, 0.6) is 0 Å². The average molecular weight is 273 g/mol. The molecule has 1 heterocycles. The van der Waals surface area contributed by atoms with Crippen LogP contribution in [0.2, 0.25) is 0 Å². The lowest BCUT2D eigenvalue weighted by Gasteiger charge is -2.14. The molecular formula is C14H15N3OS. The van der Waals surface area contributed by atoms with Crippen LogP contribution in [0, 0.1) is 11.3 Å². The minimum atomic E-state index is -0.887. The topological polar surface area (TPSA) is 65.8 Å². The molecule has 2 aromatic rings. The summed E-state index contributed by atoms with van der Waals surface area (Å²) in [7, 11) is -0.887. The lowest BCUT2D eigenvalue weighted by atomic mass is 10.1. The van der Waals surface area contributed by atoms with Gasteiger partial charge in [-0.3, -0.25) is 9.19 Å². The van der Waals surface area contributed by atoms with Gasteiger partial charge in [-0.15, -0.1) is 0 Å². The Balaban J connectivity index is 2.40. The second-order valence-electron chi connectivity index (χ2n) is 4.37. The van der Waals surface area contributed by atoms with Crippen molar-refractivity contribution in [1.29, 1.82) is 5.26 Å². The summed E-state index contributed by atoms with van der Waals surface area (Å²) in [6, 6.07) is 9.80. The van der Waals surface area contributed by atoms with Crippen molar-refractivity contribution < 1.29 is 4.21 Å². The molecule has 5 heteroatoms. The van der Waals surface area contributed by atoms with Crippen molar-refractivity contribution in [3.8, 4) is 6.07 Å². The minimum Gasteiger partial charge on any atom is -0.382 e. The maximum Gasteiger partial charge on any atom is 0.103 e. The zero-order chi connectivity index (χ0) is 13.8. The molecule has 0 saturated carbocycles. The van der Waals surface area contributed by atoms with Gasteiger partial charge in [-0.05, 0) is 13.0 Å². The second-order valence-corrected chi connectivity index (χ2v) is 6.17. The molecule has 4 nitrogen and oxygen atoms in total. The summed E-state index contributed by atoms with van der Waals surface area (Å²) in [6.07, 6.45) is 3.25. The Hall–Kier alpha value is -1.93. The van der Waals surface area contributed by atoms with E-state index in [0.29, 0.717) is 12.1 Å². The fraction of sp³-hybridized carbons (Fsp3) is 0.286. The van der Waals surface area contributed by atoms with Crippen molar-refractivity contribution in [2.45, 2.75) is 12.2 Å². The Morgan fingerprint density at radius 3 is 2.89 bits per heavy atom. The number of hydrogen-bond donors (Lipinski definition) is 1. The lowest BCUT2D eigenvalue weighted by Crippen LogP contribution is -2.21. The number of pyridine rings is 1. The van der Waals surface area contributed by atoms with Crippen LogP contribution in [-0.2, 0) is 10.8 Å². The van der Waals surface area contributed by atoms with Gasteiger partial charge in [0.25, 0.3) is 0 Å². The van der Waals surface area contributed by atoms with E-state index in [4.69, 9.17) is 5.26 Å². The first-order chi connectivity index (χ1) is 9.13. The first kappa shape index (κ1) is 13.5. The molecule has 98 valence electrons. The van der Waals surface area contributed by atoms with Crippen molar-refractivity contribution in [1.82, 2.24) is 4.98 Å². The number of nitriles is 1. The van der Waals surface area contributed by atoms with Gasteiger partial charge in [0.2, 0.25) is 0 Å². The molecule has 2 rings (SSSR count). The maximum absolute atomic E-state index is 11.4. The third-order valence-corrected chi connectivity index (χ3v) is 4.33. The molecule has 0 spiro atoms. The number of para-hydroxylation sites is 1. The summed E-state index contributed by atoms with van der Waals surface area (Å²) in [4.78, 5) is 4.25. The number of fused-ring (bicyclic) bond motifs is 1. The molecule has 19 heavy (non-hydrogen) atoms. The van der Waals surface area contributed by atoms with Crippen molar-refractivity contribution in [2.24, 2.45) is 0 Å². The zero-order valence-electron chi connectivity index (χ0n) is 10.9. The molecule has 0 aliphatic heterocycles. The van der Waals surface area contributed by atoms with E-state index in [1.54, 1.807) is 12.5 Å². The highest BCUT2D eigenvalue weighted by molar-refractivity contribution is 7.84. The number of hydrogen-bond acceptors (Lipinski definition) is 4. The van der Waals surface area contributed by atoms with E-state index in [1.807, 2.05) is 31.2 Å². The summed E-state index contributed by atoms with van der Waals surface area (Å²) in [5.41, 5.74) is 2.12. The van der Waals surface area contributed by atoms with Crippen LogP contribution >= 0.6 is 0 Å². The zero-order valence-corrected chi connectivity index (χ0v) is 11.7. The van der Waals surface area contributed by atoms with Gasteiger partial charge < -0.3 is 5.32 Å². The van der Waals surface area contributed by atoms with Crippen molar-refractivity contribution >= 4 is 27.4 Å². The SMILES string of the molecule is CC(CNc1c(C#N)cnc2ccccc12)S(C)=O. The van der Waals surface area contributed by atoms with E-state index >= 15 is 0 Å². The summed E-state index contributed by atoms with van der Waals surface area (Å²) < 4.78 is 11.4. The van der Waals surface area contributed by atoms with Gasteiger partial charge in [-0.2, -0.15) is 5.26 Å². The van der Waals surface area contributed by atoms with Crippen LogP contribution in [0.15, 0.2) is 30.5 Å². The first-order valence-electron chi connectivity index (χ1n) is 5.97. The Morgan fingerprint density at radius 1 is 1.47 bits per heavy atom. The number of aromatic nitrogens is 1. The number of nitrogens with one attached hydrogen (secondary N) is 1. The summed E-state index contributed by atoms with van der Waals surface area (Å²) in [6.45, 7) is 2.48. The van der Waals surface area contributed by atoms with Crippen LogP contribution in [0.1, 0.15) is 12.5 Å². The normalized spacial score (nSPS) is 13.7. The van der Waals surface area contributed by atoms with Crippen molar-refractivity contribution in [3.05, 3.63) is 36.0 Å². The maximum atomic E-state index is 11.4. The van der Waals surface area contributed by atoms with Crippen LogP contribution < -0.4 is 5.32 Å². The Morgan fingerprint density at radius 2 is 2.21 bits per heavy atom. The van der Waals surface area contributed by atoms with Crippen LogP contribution in [0.25, 0.3) is 10.9 Å². The van der Waals surface area contributed by atoms with Gasteiger partial charge in [0.15, 0.2) is 0 Å². The summed E-state index contributed by atoms with van der Waals surface area (Å²) >= 11 is 0. The molecule has 0 radical (unpaired) electrons. The molecule has 1 aromatic heterocycles. The molecule has 2 unspecified atom stereocenters. The smallest absolute Gasteiger partial charge is 0.103 e. The molecule has 1 aromatic carbocycles. The number of benzene rings is 1. The third-order valence-electron chi connectivity index (χ3n) is 3.03. The summed E-state index contributed by atoms with van der Waals surface area (Å²) in [5, 5.41) is 13.3. The second kappa shape index (κ2) is 5.81. The Labute approximate surface area is 114 Å². The molecule has 2 atom stereocenters. The predicted molar refractivity (Wildman–Crippen MR) is 78.5 cm³/mol. The van der Waals surface area contributed by atoms with Gasteiger partial charge in [-0.25, -0.2) is 0 Å². The molecular weight excluding hydrogens is 258 g/mol. The third kappa shape index (κ3) is 2.91. The van der Waals surface area contributed by atoms with Gasteiger partial charge in [-0.1, -0.05) is 18.2 Å². The number of anilines is 1. The monoisotopic (exact) mass is 273 g/mol. The predicted octanol–water partition coefficient (Wildman–Crippen LogP) is 2.29. The van der Waals surface area contributed by atoms with Crippen molar-refractivity contribution in [2.75, 3.05) is 18.1 Å². The van der Waals surface area contributed by atoms with E-state index < -0.39 is 10.8 Å². The molecule has 0 amide bonds. The van der Waals surface area contributed by atoms with Gasteiger partial charge in [0.05, 0.1) is 16.8 Å². The fourth-order valence-corrected chi connectivity index (χ4v) is 2.10. The van der Waals surface area contributed by atoms with E-state index in [1.165, 1.54) is 0 Å². The minimum absolute atomic E-state index is 0.0264. The van der Waals surface area contributed by atoms with E-state index in [9.17, 15) is 4.21 Å². The van der Waals surface area contributed by atoms with Gasteiger partial charge in [0, 0.05) is 40.4 Å². The van der Waals surface area contributed by atoms with Crippen LogP contribution in [0.3, 0.4) is 0 Å². The molecule has 0 aliphatic rings. The fourth-order valence-electron chi connectivity index (χ4n) is 1.78. The summed E-state index contributed by atoms with van der Waals surface area (Å²) in [5.74, 6) is 0. The molecule has 0 aliphatic carbocycles. The van der Waals surface area contributed by atoms with Gasteiger partial charge >= 0.3 is 0 Å².